The number of hydrogen-bond donors (Lipinski definition) is 2. The monoisotopic (exact) mass is 391 g/mol. The largest absolute Gasteiger partial charge is 0.339 e. The molecule has 0 saturated carbocycles. The Labute approximate surface area is 158 Å². The van der Waals surface area contributed by atoms with Gasteiger partial charge in [-0.3, -0.25) is 9.52 Å². The van der Waals surface area contributed by atoms with Gasteiger partial charge in [0, 0.05) is 18.7 Å². The molecule has 1 heterocycles. The minimum absolute atomic E-state index is 0.0894. The first-order valence-electron chi connectivity index (χ1n) is 8.77. The van der Waals surface area contributed by atoms with Gasteiger partial charge in [0.2, 0.25) is 0 Å². The van der Waals surface area contributed by atoms with Crippen molar-refractivity contribution in [3.8, 4) is 0 Å². The molecule has 3 rings (SSSR count). The van der Waals surface area contributed by atoms with Crippen LogP contribution in [0.15, 0.2) is 53.4 Å². The molecule has 0 radical (unpaired) electrons. The minimum atomic E-state index is -4.01. The molecule has 3 N–H and O–H groups in total. The van der Waals surface area contributed by atoms with Crippen molar-refractivity contribution in [3.63, 3.8) is 0 Å². The Balaban J connectivity index is 1.79. The lowest BCUT2D eigenvalue weighted by molar-refractivity contribution is 0.0693. The molecule has 2 aromatic carbocycles. The van der Waals surface area contributed by atoms with Crippen LogP contribution in [-0.4, -0.2) is 38.9 Å². The number of halogens is 1. The number of piperidine rings is 1. The van der Waals surface area contributed by atoms with Crippen molar-refractivity contribution < 1.29 is 17.6 Å². The number of nitrogens with zero attached hydrogens (tertiary/aromatic N) is 1. The Morgan fingerprint density at radius 2 is 1.85 bits per heavy atom. The van der Waals surface area contributed by atoms with Crippen molar-refractivity contribution in [1.29, 1.82) is 0 Å². The second kappa shape index (κ2) is 8.06. The van der Waals surface area contributed by atoms with E-state index in [1.54, 1.807) is 11.0 Å². The molecule has 1 fully saturated rings. The highest BCUT2D eigenvalue weighted by Crippen LogP contribution is 2.22. The smallest absolute Gasteiger partial charge is 0.262 e. The number of carbonyl (C=O) groups excluding carboxylic acids is 1. The van der Waals surface area contributed by atoms with E-state index in [1.807, 2.05) is 0 Å². The van der Waals surface area contributed by atoms with E-state index >= 15 is 0 Å². The predicted molar refractivity (Wildman–Crippen MR) is 101 cm³/mol. The average Bonchev–Trinajstić information content (AvgIpc) is 2.69. The van der Waals surface area contributed by atoms with Gasteiger partial charge < -0.3 is 10.6 Å². The van der Waals surface area contributed by atoms with Crippen molar-refractivity contribution in [3.05, 3.63) is 59.9 Å². The second-order valence-corrected chi connectivity index (χ2v) is 8.27. The number of anilines is 1. The maximum Gasteiger partial charge on any atom is 0.262 e. The van der Waals surface area contributed by atoms with E-state index in [0.29, 0.717) is 25.6 Å². The van der Waals surface area contributed by atoms with E-state index in [4.69, 9.17) is 5.73 Å². The molecule has 2 aromatic rings. The summed E-state index contributed by atoms with van der Waals surface area (Å²) in [6.07, 6.45) is 1.68. The molecule has 0 bridgehead atoms. The van der Waals surface area contributed by atoms with Crippen LogP contribution in [0.5, 0.6) is 0 Å². The molecule has 1 aliphatic rings. The van der Waals surface area contributed by atoms with Gasteiger partial charge in [-0.05, 0) is 55.6 Å². The third kappa shape index (κ3) is 4.45. The summed E-state index contributed by atoms with van der Waals surface area (Å²) in [4.78, 5) is 14.3. The molecule has 1 saturated heterocycles. The first kappa shape index (κ1) is 19.3. The molecule has 144 valence electrons. The van der Waals surface area contributed by atoms with E-state index in [2.05, 4.69) is 4.72 Å². The quantitative estimate of drug-likeness (QED) is 0.819. The molecule has 1 aliphatic heterocycles. The summed E-state index contributed by atoms with van der Waals surface area (Å²) in [7, 11) is -4.01. The summed E-state index contributed by atoms with van der Waals surface area (Å²) in [5.74, 6) is -0.463. The summed E-state index contributed by atoms with van der Waals surface area (Å²) >= 11 is 0. The lowest BCUT2D eigenvalue weighted by atomic mass is 9.96. The number of nitrogens with one attached hydrogen (secondary N) is 1. The zero-order chi connectivity index (χ0) is 19.4. The Bertz CT molecular complexity index is 925. The fourth-order valence-corrected chi connectivity index (χ4v) is 4.21. The maximum atomic E-state index is 13.8. The molecule has 6 nitrogen and oxygen atoms in total. The number of carbonyl (C=O) groups is 1. The van der Waals surface area contributed by atoms with Crippen LogP contribution in [0.3, 0.4) is 0 Å². The fraction of sp³-hybridized carbons (Fsp3) is 0.316. The summed E-state index contributed by atoms with van der Waals surface area (Å²) in [5, 5.41) is 0. The van der Waals surface area contributed by atoms with Gasteiger partial charge in [0.25, 0.3) is 15.9 Å². The molecular formula is C19H22FN3O3S. The first-order valence-corrected chi connectivity index (χ1v) is 10.3. The molecule has 0 aromatic heterocycles. The van der Waals surface area contributed by atoms with Crippen LogP contribution in [0.4, 0.5) is 10.1 Å². The SMILES string of the molecule is NCC1CCN(C(=O)c2cccc(S(=O)(=O)Nc3ccccc3F)c2)CC1. The highest BCUT2D eigenvalue weighted by Gasteiger charge is 2.24. The van der Waals surface area contributed by atoms with Gasteiger partial charge in [-0.25, -0.2) is 12.8 Å². The Hall–Kier alpha value is -2.45. The number of para-hydroxylation sites is 1. The second-order valence-electron chi connectivity index (χ2n) is 6.58. The summed E-state index contributed by atoms with van der Waals surface area (Å²) in [5.41, 5.74) is 5.82. The Morgan fingerprint density at radius 3 is 2.52 bits per heavy atom. The van der Waals surface area contributed by atoms with Crippen molar-refractivity contribution in [2.75, 3.05) is 24.4 Å². The van der Waals surface area contributed by atoms with Gasteiger partial charge in [-0.15, -0.1) is 0 Å². The number of likely N-dealkylation sites (tertiary alicyclic amines) is 1. The van der Waals surface area contributed by atoms with Crippen LogP contribution in [-0.2, 0) is 10.0 Å². The molecule has 1 amide bonds. The number of benzene rings is 2. The van der Waals surface area contributed by atoms with Crippen molar-refractivity contribution in [1.82, 2.24) is 4.90 Å². The highest BCUT2D eigenvalue weighted by molar-refractivity contribution is 7.92. The summed E-state index contributed by atoms with van der Waals surface area (Å²) in [6.45, 7) is 1.81. The van der Waals surface area contributed by atoms with Crippen molar-refractivity contribution in [2.24, 2.45) is 11.7 Å². The van der Waals surface area contributed by atoms with Crippen molar-refractivity contribution >= 4 is 21.6 Å². The number of rotatable bonds is 5. The van der Waals surface area contributed by atoms with Crippen LogP contribution in [0, 0.1) is 11.7 Å². The van der Waals surface area contributed by atoms with Gasteiger partial charge in [0.1, 0.15) is 5.82 Å². The van der Waals surface area contributed by atoms with Gasteiger partial charge in [0.15, 0.2) is 0 Å². The molecular weight excluding hydrogens is 369 g/mol. The van der Waals surface area contributed by atoms with Crippen LogP contribution >= 0.6 is 0 Å². The predicted octanol–water partition coefficient (Wildman–Crippen LogP) is 2.44. The van der Waals surface area contributed by atoms with Gasteiger partial charge >= 0.3 is 0 Å². The normalized spacial score (nSPS) is 15.6. The van der Waals surface area contributed by atoms with Crippen LogP contribution in [0.25, 0.3) is 0 Å². The van der Waals surface area contributed by atoms with E-state index in [0.717, 1.165) is 12.8 Å². The lowest BCUT2D eigenvalue weighted by Gasteiger charge is -2.31. The minimum Gasteiger partial charge on any atom is -0.339 e. The zero-order valence-electron chi connectivity index (χ0n) is 14.8. The van der Waals surface area contributed by atoms with Crippen LogP contribution in [0.1, 0.15) is 23.2 Å². The molecule has 0 spiro atoms. The highest BCUT2D eigenvalue weighted by atomic mass is 32.2. The van der Waals surface area contributed by atoms with E-state index in [1.165, 1.54) is 42.5 Å². The molecule has 0 aliphatic carbocycles. The van der Waals surface area contributed by atoms with Crippen LogP contribution < -0.4 is 10.5 Å². The average molecular weight is 391 g/mol. The number of hydrogen-bond acceptors (Lipinski definition) is 4. The van der Waals surface area contributed by atoms with E-state index < -0.39 is 15.8 Å². The van der Waals surface area contributed by atoms with E-state index in [9.17, 15) is 17.6 Å². The maximum absolute atomic E-state index is 13.8. The molecule has 0 atom stereocenters. The fourth-order valence-electron chi connectivity index (χ4n) is 3.10. The zero-order valence-corrected chi connectivity index (χ0v) is 15.6. The topological polar surface area (TPSA) is 92.5 Å². The third-order valence-electron chi connectivity index (χ3n) is 4.74. The lowest BCUT2D eigenvalue weighted by Crippen LogP contribution is -2.40. The molecule has 0 unspecified atom stereocenters. The summed E-state index contributed by atoms with van der Waals surface area (Å²) in [6, 6.07) is 11.3. The molecule has 8 heteroatoms. The third-order valence-corrected chi connectivity index (χ3v) is 6.11. The molecule has 27 heavy (non-hydrogen) atoms. The van der Waals surface area contributed by atoms with Gasteiger partial charge in [-0.2, -0.15) is 0 Å². The van der Waals surface area contributed by atoms with Gasteiger partial charge in [0.05, 0.1) is 10.6 Å². The Morgan fingerprint density at radius 1 is 1.15 bits per heavy atom. The number of nitrogens with two attached hydrogens (primary N) is 1. The summed E-state index contributed by atoms with van der Waals surface area (Å²) < 4.78 is 41.1. The van der Waals surface area contributed by atoms with E-state index in [-0.39, 0.29) is 22.1 Å². The number of sulfonamides is 1. The number of amides is 1. The standard InChI is InChI=1S/C19H22FN3O3S/c20-17-6-1-2-7-18(17)22-27(25,26)16-5-3-4-15(12-16)19(24)23-10-8-14(13-21)9-11-23/h1-7,12,14,22H,8-11,13,21H2. The van der Waals surface area contributed by atoms with Crippen LogP contribution in [0.2, 0.25) is 0 Å². The Kier molecular flexibility index (Phi) is 5.76. The van der Waals surface area contributed by atoms with Gasteiger partial charge in [-0.1, -0.05) is 18.2 Å². The first-order chi connectivity index (χ1) is 12.9. The van der Waals surface area contributed by atoms with Crippen molar-refractivity contribution in [2.45, 2.75) is 17.7 Å².